The van der Waals surface area contributed by atoms with Crippen molar-refractivity contribution in [1.29, 1.82) is 0 Å². The summed E-state index contributed by atoms with van der Waals surface area (Å²) in [5.74, 6) is -1.24. The van der Waals surface area contributed by atoms with Crippen molar-refractivity contribution < 1.29 is 19.4 Å². The van der Waals surface area contributed by atoms with Gasteiger partial charge in [-0.1, -0.05) is 12.2 Å². The highest BCUT2D eigenvalue weighted by molar-refractivity contribution is 5.86. The van der Waals surface area contributed by atoms with Crippen LogP contribution in [0.1, 0.15) is 19.3 Å². The maximum absolute atomic E-state index is 12.4. The number of hydrogen-bond acceptors (Lipinski definition) is 3. The van der Waals surface area contributed by atoms with E-state index in [2.05, 4.69) is 5.32 Å². The van der Waals surface area contributed by atoms with Crippen LogP contribution in [0.25, 0.3) is 0 Å². The number of rotatable bonds is 4. The molecule has 1 saturated heterocycles. The first-order valence-corrected chi connectivity index (χ1v) is 7.43. The number of carbonyl (C=O) groups excluding carboxylic acids is 1. The Morgan fingerprint density at radius 2 is 1.80 bits per heavy atom. The predicted octanol–water partition coefficient (Wildman–Crippen LogP) is 1.05. The lowest BCUT2D eigenvalue weighted by molar-refractivity contribution is -0.147. The van der Waals surface area contributed by atoms with E-state index in [0.717, 1.165) is 32.5 Å². The van der Waals surface area contributed by atoms with E-state index in [4.69, 9.17) is 4.74 Å². The lowest BCUT2D eigenvalue weighted by Gasteiger charge is -2.26. The van der Waals surface area contributed by atoms with Crippen molar-refractivity contribution in [3.63, 3.8) is 0 Å². The molecule has 2 fully saturated rings. The number of allylic oxidation sites excluding steroid dienone is 2. The molecule has 0 radical (unpaired) electrons. The van der Waals surface area contributed by atoms with E-state index in [9.17, 15) is 14.7 Å². The number of carbonyl (C=O) groups is 2. The first-order valence-electron chi connectivity index (χ1n) is 7.43. The molecule has 0 aromatic rings. The van der Waals surface area contributed by atoms with Crippen LogP contribution < -0.4 is 5.32 Å². The van der Waals surface area contributed by atoms with Crippen molar-refractivity contribution >= 4 is 11.9 Å². The van der Waals surface area contributed by atoms with Gasteiger partial charge in [0.05, 0.1) is 11.8 Å². The Morgan fingerprint density at radius 3 is 2.45 bits per heavy atom. The quantitative estimate of drug-likeness (QED) is 0.754. The van der Waals surface area contributed by atoms with Gasteiger partial charge in [-0.15, -0.1) is 0 Å². The second-order valence-corrected chi connectivity index (χ2v) is 6.14. The molecular weight excluding hydrogens is 258 g/mol. The Morgan fingerprint density at radius 1 is 1.15 bits per heavy atom. The normalized spacial score (nSPS) is 36.2. The van der Waals surface area contributed by atoms with Gasteiger partial charge in [0.15, 0.2) is 0 Å². The van der Waals surface area contributed by atoms with E-state index >= 15 is 0 Å². The van der Waals surface area contributed by atoms with Crippen LogP contribution in [0.2, 0.25) is 0 Å². The number of ether oxygens (including phenoxy) is 1. The monoisotopic (exact) mass is 279 g/mol. The molecule has 0 spiro atoms. The second kappa shape index (κ2) is 5.56. The van der Waals surface area contributed by atoms with Crippen molar-refractivity contribution in [3.05, 3.63) is 12.2 Å². The zero-order valence-corrected chi connectivity index (χ0v) is 11.5. The minimum atomic E-state index is -0.840. The zero-order chi connectivity index (χ0) is 14.1. The van der Waals surface area contributed by atoms with E-state index in [1.165, 1.54) is 0 Å². The van der Waals surface area contributed by atoms with E-state index in [0.29, 0.717) is 12.5 Å². The van der Waals surface area contributed by atoms with Gasteiger partial charge in [0.25, 0.3) is 0 Å². The van der Waals surface area contributed by atoms with Crippen LogP contribution in [0.3, 0.4) is 0 Å². The summed E-state index contributed by atoms with van der Waals surface area (Å²) in [5, 5.41) is 12.3. The van der Waals surface area contributed by atoms with E-state index in [-0.39, 0.29) is 23.7 Å². The summed E-state index contributed by atoms with van der Waals surface area (Å²) >= 11 is 0. The largest absolute Gasteiger partial charge is 0.481 e. The molecule has 5 nitrogen and oxygen atoms in total. The number of aliphatic carboxylic acids is 1. The van der Waals surface area contributed by atoms with Crippen LogP contribution in [0.5, 0.6) is 0 Å². The fourth-order valence-electron chi connectivity index (χ4n) is 3.83. The molecule has 4 atom stereocenters. The van der Waals surface area contributed by atoms with Crippen LogP contribution in [0.4, 0.5) is 0 Å². The fraction of sp³-hybridized carbons (Fsp3) is 0.733. The van der Waals surface area contributed by atoms with E-state index < -0.39 is 11.9 Å². The van der Waals surface area contributed by atoms with Gasteiger partial charge in [0.2, 0.25) is 5.91 Å². The van der Waals surface area contributed by atoms with Gasteiger partial charge in [-0.05, 0) is 37.0 Å². The maximum atomic E-state index is 12.4. The fourth-order valence-corrected chi connectivity index (χ4v) is 3.83. The van der Waals surface area contributed by atoms with Crippen molar-refractivity contribution in [2.45, 2.75) is 19.3 Å². The van der Waals surface area contributed by atoms with Gasteiger partial charge in [0.1, 0.15) is 0 Å². The Labute approximate surface area is 118 Å². The third-order valence-corrected chi connectivity index (χ3v) is 4.95. The number of amides is 1. The summed E-state index contributed by atoms with van der Waals surface area (Å²) in [6, 6.07) is 0. The minimum absolute atomic E-state index is 0.0383. The zero-order valence-electron chi connectivity index (χ0n) is 11.5. The highest BCUT2D eigenvalue weighted by Crippen LogP contribution is 2.48. The predicted molar refractivity (Wildman–Crippen MR) is 71.9 cm³/mol. The van der Waals surface area contributed by atoms with Gasteiger partial charge in [-0.2, -0.15) is 0 Å². The minimum Gasteiger partial charge on any atom is -0.481 e. The first-order chi connectivity index (χ1) is 9.66. The van der Waals surface area contributed by atoms with Crippen LogP contribution in [-0.4, -0.2) is 36.7 Å². The lowest BCUT2D eigenvalue weighted by atomic mass is 9.82. The number of carboxylic acids is 1. The average molecular weight is 279 g/mol. The Balaban J connectivity index is 1.58. The van der Waals surface area contributed by atoms with Gasteiger partial charge in [-0.25, -0.2) is 0 Å². The molecular formula is C15H21NO4. The number of nitrogens with one attached hydrogen (secondary N) is 1. The molecule has 110 valence electrons. The molecule has 2 aliphatic carbocycles. The molecule has 3 aliphatic rings. The number of carboxylic acid groups (broad SMARTS) is 1. The number of hydrogen-bond donors (Lipinski definition) is 2. The topological polar surface area (TPSA) is 75.6 Å². The highest BCUT2D eigenvalue weighted by Gasteiger charge is 2.51. The van der Waals surface area contributed by atoms with Gasteiger partial charge in [-0.3, -0.25) is 9.59 Å². The van der Waals surface area contributed by atoms with Crippen LogP contribution in [0.15, 0.2) is 12.2 Å². The Bertz CT molecular complexity index is 428. The summed E-state index contributed by atoms with van der Waals surface area (Å²) in [6.07, 6.45) is 6.74. The summed E-state index contributed by atoms with van der Waals surface area (Å²) in [7, 11) is 0. The molecule has 2 N–H and O–H groups in total. The van der Waals surface area contributed by atoms with E-state index in [1.807, 2.05) is 12.2 Å². The van der Waals surface area contributed by atoms with E-state index in [1.54, 1.807) is 0 Å². The summed E-state index contributed by atoms with van der Waals surface area (Å²) in [4.78, 5) is 23.7. The van der Waals surface area contributed by atoms with Crippen LogP contribution >= 0.6 is 0 Å². The van der Waals surface area contributed by atoms with Crippen LogP contribution in [0, 0.1) is 29.6 Å². The van der Waals surface area contributed by atoms with Gasteiger partial charge < -0.3 is 15.2 Å². The molecule has 1 heterocycles. The van der Waals surface area contributed by atoms with Crippen molar-refractivity contribution in [2.75, 3.05) is 19.8 Å². The second-order valence-electron chi connectivity index (χ2n) is 6.14. The maximum Gasteiger partial charge on any atom is 0.307 e. The van der Waals surface area contributed by atoms with Crippen LogP contribution in [-0.2, 0) is 14.3 Å². The molecule has 0 aromatic heterocycles. The Hall–Kier alpha value is -1.36. The first kappa shape index (κ1) is 13.6. The molecule has 2 bridgehead atoms. The molecule has 1 saturated carbocycles. The molecule has 20 heavy (non-hydrogen) atoms. The Kier molecular flexibility index (Phi) is 3.78. The highest BCUT2D eigenvalue weighted by atomic mass is 16.5. The summed E-state index contributed by atoms with van der Waals surface area (Å²) in [5.41, 5.74) is 0. The average Bonchev–Trinajstić information content (AvgIpc) is 3.06. The summed E-state index contributed by atoms with van der Waals surface area (Å²) < 4.78 is 5.30. The van der Waals surface area contributed by atoms with Crippen molar-refractivity contribution in [1.82, 2.24) is 5.32 Å². The smallest absolute Gasteiger partial charge is 0.307 e. The molecule has 1 aliphatic heterocycles. The standard InChI is InChI=1S/C15H21NO4/c17-14(16-8-9-3-5-20-6-4-9)12-10-1-2-11(7-10)13(12)15(18)19/h1-2,9-13H,3-8H2,(H,16,17)(H,18,19)/t10?,11?,12-,13+/m0/s1. The van der Waals surface area contributed by atoms with Gasteiger partial charge >= 0.3 is 5.97 Å². The summed E-state index contributed by atoms with van der Waals surface area (Å²) in [6.45, 7) is 2.16. The molecule has 1 amide bonds. The number of fused-ring (bicyclic) bond motifs is 2. The third-order valence-electron chi connectivity index (χ3n) is 4.95. The molecule has 0 aromatic carbocycles. The molecule has 5 heteroatoms. The third kappa shape index (κ3) is 2.46. The molecule has 2 unspecified atom stereocenters. The molecule has 3 rings (SSSR count). The SMILES string of the molecule is O=C(O)[C@@H]1C2C=CC(C2)[C@@H]1C(=O)NCC1CCOCC1. The van der Waals surface area contributed by atoms with Gasteiger partial charge in [0, 0.05) is 19.8 Å². The lowest BCUT2D eigenvalue weighted by Crippen LogP contribution is -2.42. The van der Waals surface area contributed by atoms with Crippen molar-refractivity contribution in [3.8, 4) is 0 Å². The van der Waals surface area contributed by atoms with Crippen molar-refractivity contribution in [2.24, 2.45) is 29.6 Å².